The van der Waals surface area contributed by atoms with Crippen LogP contribution in [0.1, 0.15) is 31.6 Å². The van der Waals surface area contributed by atoms with Crippen molar-refractivity contribution in [2.75, 3.05) is 7.11 Å². The van der Waals surface area contributed by atoms with Crippen LogP contribution in [0.4, 0.5) is 0 Å². The van der Waals surface area contributed by atoms with Crippen molar-refractivity contribution in [3.63, 3.8) is 0 Å². The molecule has 1 N–H and O–H groups in total. The maximum absolute atomic E-state index is 11.5. The van der Waals surface area contributed by atoms with Gasteiger partial charge in [0.2, 0.25) is 0 Å². The Kier molecular flexibility index (Phi) is 4.52. The molecule has 0 amide bonds. The van der Waals surface area contributed by atoms with Gasteiger partial charge in [-0.1, -0.05) is 6.92 Å². The molecule has 17 heavy (non-hydrogen) atoms. The summed E-state index contributed by atoms with van der Waals surface area (Å²) in [6.07, 6.45) is 1.74. The third-order valence-electron chi connectivity index (χ3n) is 2.61. The van der Waals surface area contributed by atoms with Crippen LogP contribution in [-0.4, -0.2) is 18.3 Å². The summed E-state index contributed by atoms with van der Waals surface area (Å²) in [5, 5.41) is 9.51. The highest BCUT2D eigenvalue weighted by atomic mass is 16.5. The number of aliphatic hydroxyl groups is 1. The van der Waals surface area contributed by atoms with E-state index >= 15 is 0 Å². The molecule has 1 heterocycles. The van der Waals surface area contributed by atoms with Gasteiger partial charge in [0.1, 0.15) is 11.5 Å². The van der Waals surface area contributed by atoms with E-state index in [4.69, 9.17) is 9.15 Å². The normalized spacial score (nSPS) is 13.6. The molecule has 4 heteroatoms. The van der Waals surface area contributed by atoms with Crippen LogP contribution in [0.15, 0.2) is 21.4 Å². The molecule has 1 aromatic rings. The van der Waals surface area contributed by atoms with Crippen LogP contribution in [-0.2, 0) is 0 Å². The van der Waals surface area contributed by atoms with Crippen LogP contribution in [0, 0.1) is 6.92 Å². The molecule has 0 saturated heterocycles. The predicted molar refractivity (Wildman–Crippen MR) is 66.2 cm³/mol. The van der Waals surface area contributed by atoms with E-state index in [2.05, 4.69) is 0 Å². The SMILES string of the molecule is CC[C@H](O)/C=C(\C)c1cc(OC)c(C)c(=O)o1. The summed E-state index contributed by atoms with van der Waals surface area (Å²) in [6.45, 7) is 5.31. The van der Waals surface area contributed by atoms with Crippen LogP contribution in [0.25, 0.3) is 5.57 Å². The largest absolute Gasteiger partial charge is 0.496 e. The average Bonchev–Trinajstić information content (AvgIpc) is 2.32. The monoisotopic (exact) mass is 238 g/mol. The van der Waals surface area contributed by atoms with Crippen LogP contribution >= 0.6 is 0 Å². The van der Waals surface area contributed by atoms with E-state index < -0.39 is 11.7 Å². The van der Waals surface area contributed by atoms with E-state index in [0.29, 0.717) is 23.5 Å². The van der Waals surface area contributed by atoms with Gasteiger partial charge in [-0.05, 0) is 31.9 Å². The zero-order valence-electron chi connectivity index (χ0n) is 10.6. The third kappa shape index (κ3) is 3.20. The van der Waals surface area contributed by atoms with Crippen LogP contribution in [0.3, 0.4) is 0 Å². The second-order valence-electron chi connectivity index (χ2n) is 3.92. The second-order valence-corrected chi connectivity index (χ2v) is 3.92. The van der Waals surface area contributed by atoms with Gasteiger partial charge in [-0.15, -0.1) is 0 Å². The minimum absolute atomic E-state index is 0.418. The van der Waals surface area contributed by atoms with Gasteiger partial charge in [-0.3, -0.25) is 0 Å². The Hall–Kier alpha value is -1.55. The number of hydrogen-bond acceptors (Lipinski definition) is 4. The molecule has 0 aliphatic heterocycles. The molecule has 1 aromatic heterocycles. The Bertz CT molecular complexity index is 471. The zero-order chi connectivity index (χ0) is 13.0. The molecular weight excluding hydrogens is 220 g/mol. The van der Waals surface area contributed by atoms with Gasteiger partial charge in [0.15, 0.2) is 0 Å². The van der Waals surface area contributed by atoms with E-state index in [1.165, 1.54) is 7.11 Å². The molecule has 0 aliphatic carbocycles. The maximum atomic E-state index is 11.5. The van der Waals surface area contributed by atoms with Crippen LogP contribution in [0.5, 0.6) is 5.75 Å². The lowest BCUT2D eigenvalue weighted by Gasteiger charge is -2.07. The molecule has 1 atom stereocenters. The summed E-state index contributed by atoms with van der Waals surface area (Å²) >= 11 is 0. The van der Waals surface area contributed by atoms with E-state index in [1.807, 2.05) is 6.92 Å². The fourth-order valence-corrected chi connectivity index (χ4v) is 1.43. The molecule has 0 aliphatic rings. The number of ether oxygens (including phenoxy) is 1. The van der Waals surface area contributed by atoms with Crippen molar-refractivity contribution in [1.29, 1.82) is 0 Å². The topological polar surface area (TPSA) is 59.7 Å². The Labute approximate surface area is 101 Å². The zero-order valence-corrected chi connectivity index (χ0v) is 10.6. The van der Waals surface area contributed by atoms with Crippen molar-refractivity contribution in [2.24, 2.45) is 0 Å². The smallest absolute Gasteiger partial charge is 0.342 e. The molecular formula is C13H18O4. The molecule has 0 unspecified atom stereocenters. The Balaban J connectivity index is 3.20. The van der Waals surface area contributed by atoms with Gasteiger partial charge in [-0.2, -0.15) is 0 Å². The second kappa shape index (κ2) is 5.68. The summed E-state index contributed by atoms with van der Waals surface area (Å²) < 4.78 is 10.2. The first-order valence-electron chi connectivity index (χ1n) is 5.55. The first kappa shape index (κ1) is 13.5. The van der Waals surface area contributed by atoms with Gasteiger partial charge in [0, 0.05) is 6.07 Å². The first-order valence-corrected chi connectivity index (χ1v) is 5.55. The van der Waals surface area contributed by atoms with Crippen molar-refractivity contribution in [3.8, 4) is 5.75 Å². The quantitative estimate of drug-likeness (QED) is 0.873. The predicted octanol–water partition coefficient (Wildman–Crippen LogP) is 2.13. The number of aliphatic hydroxyl groups excluding tert-OH is 1. The molecule has 1 rings (SSSR count). The standard InChI is InChI=1S/C13H18O4/c1-5-10(14)6-8(2)11-7-12(16-4)9(3)13(15)17-11/h6-7,10,14H,5H2,1-4H3/b8-6+/t10-/m0/s1. The highest BCUT2D eigenvalue weighted by Gasteiger charge is 2.10. The molecule has 0 fully saturated rings. The maximum Gasteiger partial charge on any atom is 0.342 e. The van der Waals surface area contributed by atoms with Crippen molar-refractivity contribution >= 4 is 5.57 Å². The van der Waals surface area contributed by atoms with Crippen molar-refractivity contribution in [3.05, 3.63) is 33.9 Å². The van der Waals surface area contributed by atoms with Crippen LogP contribution in [0.2, 0.25) is 0 Å². The van der Waals surface area contributed by atoms with Gasteiger partial charge < -0.3 is 14.3 Å². The van der Waals surface area contributed by atoms with E-state index in [-0.39, 0.29) is 0 Å². The lowest BCUT2D eigenvalue weighted by Crippen LogP contribution is -2.07. The summed E-state index contributed by atoms with van der Waals surface area (Å²) in [6, 6.07) is 1.66. The average molecular weight is 238 g/mol. The minimum atomic E-state index is -0.535. The number of allylic oxidation sites excluding steroid dienone is 1. The highest BCUT2D eigenvalue weighted by Crippen LogP contribution is 2.21. The van der Waals surface area contributed by atoms with Gasteiger partial charge in [0.25, 0.3) is 0 Å². The molecule has 0 aromatic carbocycles. The fourth-order valence-electron chi connectivity index (χ4n) is 1.43. The summed E-state index contributed by atoms with van der Waals surface area (Å²) in [5.41, 5.74) is 0.743. The fraction of sp³-hybridized carbons (Fsp3) is 0.462. The molecule has 4 nitrogen and oxygen atoms in total. The number of hydrogen-bond donors (Lipinski definition) is 1. The Morgan fingerprint density at radius 2 is 2.29 bits per heavy atom. The lowest BCUT2D eigenvalue weighted by molar-refractivity contribution is 0.219. The molecule has 0 bridgehead atoms. The summed E-state index contributed by atoms with van der Waals surface area (Å²) in [7, 11) is 1.51. The minimum Gasteiger partial charge on any atom is -0.496 e. The Morgan fingerprint density at radius 3 is 2.82 bits per heavy atom. The van der Waals surface area contributed by atoms with Gasteiger partial charge in [0.05, 0.1) is 18.8 Å². The third-order valence-corrected chi connectivity index (χ3v) is 2.61. The highest BCUT2D eigenvalue weighted by molar-refractivity contribution is 5.61. The van der Waals surface area contributed by atoms with Crippen LogP contribution < -0.4 is 10.4 Å². The molecule has 0 radical (unpaired) electrons. The van der Waals surface area contributed by atoms with Gasteiger partial charge in [-0.25, -0.2) is 4.79 Å². The summed E-state index contributed by atoms with van der Waals surface area (Å²) in [5.74, 6) is 0.917. The number of rotatable bonds is 4. The first-order chi connectivity index (χ1) is 7.99. The van der Waals surface area contributed by atoms with E-state index in [1.54, 1.807) is 26.0 Å². The van der Waals surface area contributed by atoms with Crippen molar-refractivity contribution < 1.29 is 14.3 Å². The molecule has 0 spiro atoms. The van der Waals surface area contributed by atoms with E-state index in [9.17, 15) is 9.90 Å². The lowest BCUT2D eigenvalue weighted by atomic mass is 10.1. The molecule has 94 valence electrons. The molecule has 0 saturated carbocycles. The summed E-state index contributed by atoms with van der Waals surface area (Å²) in [4.78, 5) is 11.5. The Morgan fingerprint density at radius 1 is 1.65 bits per heavy atom. The van der Waals surface area contributed by atoms with Gasteiger partial charge >= 0.3 is 5.63 Å². The van der Waals surface area contributed by atoms with E-state index in [0.717, 1.165) is 5.57 Å². The van der Waals surface area contributed by atoms with Crippen molar-refractivity contribution in [1.82, 2.24) is 0 Å². The van der Waals surface area contributed by atoms with Crippen molar-refractivity contribution in [2.45, 2.75) is 33.3 Å². The number of methoxy groups -OCH3 is 1.